The van der Waals surface area contributed by atoms with Crippen molar-refractivity contribution in [3.63, 3.8) is 0 Å². The Labute approximate surface area is 171 Å². The van der Waals surface area contributed by atoms with Gasteiger partial charge in [-0.3, -0.25) is 4.99 Å². The highest BCUT2D eigenvalue weighted by Gasteiger charge is 2.17. The van der Waals surface area contributed by atoms with Crippen LogP contribution in [0, 0.1) is 0 Å². The molecule has 2 N–H and O–H groups in total. The Morgan fingerprint density at radius 3 is 2.93 bits per heavy atom. The number of rotatable bonds is 7. The van der Waals surface area contributed by atoms with Crippen LogP contribution in [0.5, 0.6) is 11.5 Å². The topological polar surface area (TPSA) is 70.0 Å². The van der Waals surface area contributed by atoms with Crippen LogP contribution in [0.3, 0.4) is 0 Å². The smallest absolute Gasteiger partial charge is 0.194 e. The van der Waals surface area contributed by atoms with E-state index in [1.54, 1.807) is 13.2 Å². The summed E-state index contributed by atoms with van der Waals surface area (Å²) in [6, 6.07) is 5.44. The molecule has 28 heavy (non-hydrogen) atoms. The lowest BCUT2D eigenvalue weighted by molar-refractivity contribution is 0.373. The summed E-state index contributed by atoms with van der Waals surface area (Å²) in [6.07, 6.45) is 5.64. The van der Waals surface area contributed by atoms with Gasteiger partial charge in [0.25, 0.3) is 0 Å². The van der Waals surface area contributed by atoms with E-state index in [9.17, 15) is 5.11 Å². The minimum Gasteiger partial charge on any atom is -0.504 e. The summed E-state index contributed by atoms with van der Waals surface area (Å²) in [6.45, 7) is 4.34. The van der Waals surface area contributed by atoms with Crippen LogP contribution in [0.25, 0.3) is 0 Å². The fraction of sp³-hybridized carbons (Fsp3) is 0.524. The molecule has 1 aromatic heterocycles. The molecular formula is C21H30N4O2S. The van der Waals surface area contributed by atoms with Crippen LogP contribution in [0.1, 0.15) is 40.9 Å². The number of ether oxygens (including phenoxy) is 1. The summed E-state index contributed by atoms with van der Waals surface area (Å²) in [5, 5.41) is 14.3. The molecule has 0 amide bonds. The van der Waals surface area contributed by atoms with Crippen molar-refractivity contribution in [2.75, 3.05) is 27.2 Å². The van der Waals surface area contributed by atoms with E-state index in [1.165, 1.54) is 34.8 Å². The number of aromatic hydroxyl groups is 1. The van der Waals surface area contributed by atoms with Crippen molar-refractivity contribution in [3.05, 3.63) is 39.3 Å². The Kier molecular flexibility index (Phi) is 7.14. The summed E-state index contributed by atoms with van der Waals surface area (Å²) in [4.78, 5) is 13.2. The van der Waals surface area contributed by atoms with E-state index < -0.39 is 0 Å². The third kappa shape index (κ3) is 5.16. The van der Waals surface area contributed by atoms with Crippen LogP contribution in [-0.2, 0) is 25.8 Å². The molecule has 0 bridgehead atoms. The fourth-order valence-corrected chi connectivity index (χ4v) is 4.60. The first kappa shape index (κ1) is 20.5. The van der Waals surface area contributed by atoms with Gasteiger partial charge >= 0.3 is 0 Å². The molecule has 1 aliphatic carbocycles. The summed E-state index contributed by atoms with van der Waals surface area (Å²) in [5.41, 5.74) is 2.40. The highest BCUT2D eigenvalue weighted by Crippen LogP contribution is 2.27. The van der Waals surface area contributed by atoms with E-state index in [0.29, 0.717) is 12.3 Å². The Balaban J connectivity index is 1.62. The molecule has 0 saturated carbocycles. The van der Waals surface area contributed by atoms with Crippen LogP contribution in [-0.4, -0.2) is 48.2 Å². The molecule has 0 aliphatic heterocycles. The average Bonchev–Trinajstić information content (AvgIpc) is 3.10. The van der Waals surface area contributed by atoms with Gasteiger partial charge in [-0.1, -0.05) is 6.07 Å². The Bertz CT molecular complexity index is 795. The second-order valence-electron chi connectivity index (χ2n) is 7.03. The fourth-order valence-electron chi connectivity index (χ4n) is 3.39. The monoisotopic (exact) mass is 402 g/mol. The van der Waals surface area contributed by atoms with Crippen molar-refractivity contribution in [1.82, 2.24) is 15.2 Å². The van der Waals surface area contributed by atoms with Gasteiger partial charge in [-0.15, -0.1) is 11.3 Å². The highest BCUT2D eigenvalue weighted by molar-refractivity contribution is 7.11. The molecule has 1 aromatic carbocycles. The predicted octanol–water partition coefficient (Wildman–Crippen LogP) is 3.38. The number of methoxy groups -OCH3 is 1. The Morgan fingerprint density at radius 1 is 1.36 bits per heavy atom. The highest BCUT2D eigenvalue weighted by atomic mass is 32.1. The predicted molar refractivity (Wildman–Crippen MR) is 115 cm³/mol. The molecule has 7 heteroatoms. The lowest BCUT2D eigenvalue weighted by atomic mass is 10.0. The number of thiazole rings is 1. The summed E-state index contributed by atoms with van der Waals surface area (Å²) < 4.78 is 5.18. The Hall–Kier alpha value is -2.28. The largest absolute Gasteiger partial charge is 0.504 e. The van der Waals surface area contributed by atoms with Gasteiger partial charge < -0.3 is 20.1 Å². The third-order valence-corrected chi connectivity index (χ3v) is 6.01. The molecule has 152 valence electrons. The lowest BCUT2D eigenvalue weighted by Gasteiger charge is -2.21. The van der Waals surface area contributed by atoms with E-state index in [0.717, 1.165) is 37.5 Å². The molecule has 2 aromatic rings. The minimum atomic E-state index is 0.161. The van der Waals surface area contributed by atoms with Crippen LogP contribution >= 0.6 is 11.3 Å². The molecule has 0 fully saturated rings. The normalized spacial score (nSPS) is 13.9. The van der Waals surface area contributed by atoms with Crippen molar-refractivity contribution in [3.8, 4) is 11.5 Å². The van der Waals surface area contributed by atoms with Gasteiger partial charge in [-0.25, -0.2) is 4.98 Å². The zero-order valence-corrected chi connectivity index (χ0v) is 17.8. The summed E-state index contributed by atoms with van der Waals surface area (Å²) in [5.74, 6) is 1.55. The van der Waals surface area contributed by atoms with Crippen molar-refractivity contribution >= 4 is 17.3 Å². The number of guanidine groups is 1. The lowest BCUT2D eigenvalue weighted by Crippen LogP contribution is -2.38. The maximum atomic E-state index is 9.72. The van der Waals surface area contributed by atoms with Crippen LogP contribution in [0.15, 0.2) is 23.2 Å². The first-order valence-corrected chi connectivity index (χ1v) is 10.7. The quantitative estimate of drug-likeness (QED) is 0.549. The Morgan fingerprint density at radius 2 is 2.18 bits per heavy atom. The van der Waals surface area contributed by atoms with Crippen LogP contribution in [0.2, 0.25) is 0 Å². The van der Waals surface area contributed by atoms with Crippen molar-refractivity contribution in [1.29, 1.82) is 0 Å². The standard InChI is InChI=1S/C21H30N4O2S/c1-4-22-21(23-12-11-15-9-10-17(26)18(13-15)27-3)25(2)14-20-24-16-7-5-6-8-19(16)28-20/h9-10,13,26H,4-8,11-12,14H2,1-3H3,(H,22,23). The number of aryl methyl sites for hydroxylation is 2. The number of phenolic OH excluding ortho intramolecular Hbond substituents is 1. The number of nitrogens with one attached hydrogen (secondary N) is 1. The van der Waals surface area contributed by atoms with Crippen molar-refractivity contribution in [2.45, 2.75) is 45.6 Å². The van der Waals surface area contributed by atoms with Crippen LogP contribution in [0.4, 0.5) is 0 Å². The first-order chi connectivity index (χ1) is 13.6. The molecule has 0 saturated heterocycles. The second-order valence-corrected chi connectivity index (χ2v) is 8.20. The first-order valence-electron chi connectivity index (χ1n) is 9.93. The zero-order valence-electron chi connectivity index (χ0n) is 17.0. The van der Waals surface area contributed by atoms with E-state index in [2.05, 4.69) is 24.2 Å². The summed E-state index contributed by atoms with van der Waals surface area (Å²) in [7, 11) is 3.62. The molecule has 0 radical (unpaired) electrons. The SMILES string of the molecule is CCNC(=NCCc1ccc(O)c(OC)c1)N(C)Cc1nc2c(s1)CCCC2. The number of aliphatic imine (C=N–C) groups is 1. The van der Waals surface area contributed by atoms with Gasteiger partial charge in [0, 0.05) is 25.0 Å². The summed E-state index contributed by atoms with van der Waals surface area (Å²) >= 11 is 1.85. The van der Waals surface area contributed by atoms with Gasteiger partial charge in [0.05, 0.1) is 19.3 Å². The molecule has 6 nitrogen and oxygen atoms in total. The van der Waals surface area contributed by atoms with Gasteiger partial charge in [-0.05, 0) is 56.7 Å². The van der Waals surface area contributed by atoms with E-state index in [-0.39, 0.29) is 5.75 Å². The van der Waals surface area contributed by atoms with Crippen molar-refractivity contribution in [2.24, 2.45) is 4.99 Å². The number of hydrogen-bond donors (Lipinski definition) is 2. The molecular weight excluding hydrogens is 372 g/mol. The molecule has 0 atom stereocenters. The second kappa shape index (κ2) is 9.78. The van der Waals surface area contributed by atoms with E-state index in [1.807, 2.05) is 23.5 Å². The third-order valence-electron chi connectivity index (χ3n) is 4.87. The van der Waals surface area contributed by atoms with Gasteiger partial charge in [0.2, 0.25) is 0 Å². The molecule has 0 spiro atoms. The van der Waals surface area contributed by atoms with Crippen LogP contribution < -0.4 is 10.1 Å². The maximum absolute atomic E-state index is 9.72. The van der Waals surface area contributed by atoms with Gasteiger partial charge in [0.1, 0.15) is 5.01 Å². The van der Waals surface area contributed by atoms with Gasteiger partial charge in [-0.2, -0.15) is 0 Å². The number of fused-ring (bicyclic) bond motifs is 1. The molecule has 1 heterocycles. The van der Waals surface area contributed by atoms with E-state index in [4.69, 9.17) is 14.7 Å². The number of aromatic nitrogens is 1. The number of nitrogens with zero attached hydrogens (tertiary/aromatic N) is 3. The average molecular weight is 403 g/mol. The van der Waals surface area contributed by atoms with Crippen molar-refractivity contribution < 1.29 is 9.84 Å². The molecule has 3 rings (SSSR count). The molecule has 0 unspecified atom stereocenters. The zero-order chi connectivity index (χ0) is 19.9. The minimum absolute atomic E-state index is 0.161. The van der Waals surface area contributed by atoms with E-state index >= 15 is 0 Å². The van der Waals surface area contributed by atoms with Gasteiger partial charge in [0.15, 0.2) is 17.5 Å². The number of phenols is 1. The number of hydrogen-bond acceptors (Lipinski definition) is 5. The maximum Gasteiger partial charge on any atom is 0.194 e. The number of benzene rings is 1. The molecule has 1 aliphatic rings.